The Bertz CT molecular complexity index is 610. The summed E-state index contributed by atoms with van der Waals surface area (Å²) in [6.45, 7) is 1.03. The first-order valence-corrected chi connectivity index (χ1v) is 7.25. The summed E-state index contributed by atoms with van der Waals surface area (Å²) in [7, 11) is 0. The molecule has 0 aromatic heterocycles. The van der Waals surface area contributed by atoms with Crippen molar-refractivity contribution in [3.63, 3.8) is 0 Å². The fraction of sp³-hybridized carbons (Fsp3) is 0.375. The maximum atomic E-state index is 12.3. The third-order valence-electron chi connectivity index (χ3n) is 3.59. The number of aryl methyl sites for hydroxylation is 1. The summed E-state index contributed by atoms with van der Waals surface area (Å²) in [5.41, 5.74) is 2.03. The van der Waals surface area contributed by atoms with Crippen LogP contribution in [0.3, 0.4) is 0 Å². The van der Waals surface area contributed by atoms with Crippen LogP contribution in [0.1, 0.15) is 12.0 Å². The standard InChI is InChI=1S/C16H17NO5/c18-15(11-22-16(19)14-10-20-8-9-21-14)17-7-3-5-12-4-1-2-6-13(12)17/h1-2,4,6,10H,3,5,7-9,11H2. The van der Waals surface area contributed by atoms with Crippen molar-refractivity contribution < 1.29 is 23.8 Å². The predicted octanol–water partition coefficient (Wildman–Crippen LogP) is 1.40. The highest BCUT2D eigenvalue weighted by Gasteiger charge is 2.24. The summed E-state index contributed by atoms with van der Waals surface area (Å²) in [6, 6.07) is 7.78. The normalized spacial score (nSPS) is 16.7. The highest BCUT2D eigenvalue weighted by molar-refractivity contribution is 5.97. The molecule has 0 saturated carbocycles. The van der Waals surface area contributed by atoms with Crippen molar-refractivity contribution in [2.45, 2.75) is 12.8 Å². The molecule has 2 aliphatic heterocycles. The van der Waals surface area contributed by atoms with Gasteiger partial charge in [-0.2, -0.15) is 0 Å². The molecule has 0 atom stereocenters. The maximum Gasteiger partial charge on any atom is 0.377 e. The lowest BCUT2D eigenvalue weighted by Crippen LogP contribution is -2.38. The van der Waals surface area contributed by atoms with Crippen LogP contribution >= 0.6 is 0 Å². The lowest BCUT2D eigenvalue weighted by molar-refractivity contribution is -0.148. The first-order chi connectivity index (χ1) is 10.8. The van der Waals surface area contributed by atoms with Crippen LogP contribution in [0.2, 0.25) is 0 Å². The average molecular weight is 303 g/mol. The first kappa shape index (κ1) is 14.4. The number of hydrogen-bond acceptors (Lipinski definition) is 5. The van der Waals surface area contributed by atoms with Crippen LogP contribution in [0, 0.1) is 0 Å². The molecule has 0 saturated heterocycles. The van der Waals surface area contributed by atoms with E-state index in [0.717, 1.165) is 24.1 Å². The summed E-state index contributed by atoms with van der Waals surface area (Å²) in [5.74, 6) is -0.922. The molecule has 0 fully saturated rings. The Hall–Kier alpha value is -2.50. The summed E-state index contributed by atoms with van der Waals surface area (Å²) < 4.78 is 15.1. The van der Waals surface area contributed by atoms with Gasteiger partial charge in [-0.25, -0.2) is 4.79 Å². The predicted molar refractivity (Wildman–Crippen MR) is 78.1 cm³/mol. The molecule has 116 valence electrons. The minimum atomic E-state index is -0.682. The number of ether oxygens (including phenoxy) is 3. The van der Waals surface area contributed by atoms with Gasteiger partial charge in [0.1, 0.15) is 19.5 Å². The van der Waals surface area contributed by atoms with Crippen molar-refractivity contribution in [1.29, 1.82) is 0 Å². The largest absolute Gasteiger partial charge is 0.493 e. The van der Waals surface area contributed by atoms with Gasteiger partial charge in [0, 0.05) is 12.2 Å². The van der Waals surface area contributed by atoms with Crippen LogP contribution in [-0.4, -0.2) is 38.2 Å². The van der Waals surface area contributed by atoms with Gasteiger partial charge in [0.2, 0.25) is 5.76 Å². The lowest BCUT2D eigenvalue weighted by Gasteiger charge is -2.29. The molecule has 0 aliphatic carbocycles. The molecule has 0 radical (unpaired) electrons. The molecule has 1 aromatic carbocycles. The van der Waals surface area contributed by atoms with Gasteiger partial charge in [-0.15, -0.1) is 0 Å². The number of carbonyl (C=O) groups excluding carboxylic acids is 2. The van der Waals surface area contributed by atoms with Gasteiger partial charge in [-0.1, -0.05) is 18.2 Å². The van der Waals surface area contributed by atoms with Gasteiger partial charge < -0.3 is 19.1 Å². The van der Waals surface area contributed by atoms with E-state index >= 15 is 0 Å². The van der Waals surface area contributed by atoms with E-state index in [4.69, 9.17) is 14.2 Å². The zero-order chi connectivity index (χ0) is 15.4. The number of esters is 1. The summed E-state index contributed by atoms with van der Waals surface area (Å²) in [6.07, 6.45) is 3.07. The van der Waals surface area contributed by atoms with Crippen molar-refractivity contribution in [3.05, 3.63) is 41.9 Å². The molecule has 2 heterocycles. The van der Waals surface area contributed by atoms with Crippen LogP contribution in [0.25, 0.3) is 0 Å². The second-order valence-electron chi connectivity index (χ2n) is 5.06. The van der Waals surface area contributed by atoms with E-state index in [1.165, 1.54) is 6.26 Å². The number of anilines is 1. The van der Waals surface area contributed by atoms with Gasteiger partial charge in [0.15, 0.2) is 6.61 Å². The van der Waals surface area contributed by atoms with Gasteiger partial charge >= 0.3 is 5.97 Å². The number of fused-ring (bicyclic) bond motifs is 1. The molecule has 2 aliphatic rings. The highest BCUT2D eigenvalue weighted by Crippen LogP contribution is 2.26. The van der Waals surface area contributed by atoms with Crippen LogP contribution in [0.5, 0.6) is 0 Å². The Morgan fingerprint density at radius 1 is 1.23 bits per heavy atom. The number of carbonyl (C=O) groups is 2. The van der Waals surface area contributed by atoms with Crippen molar-refractivity contribution in [3.8, 4) is 0 Å². The van der Waals surface area contributed by atoms with Gasteiger partial charge in [0.05, 0.1) is 0 Å². The molecular weight excluding hydrogens is 286 g/mol. The number of benzene rings is 1. The molecule has 22 heavy (non-hydrogen) atoms. The third-order valence-corrected chi connectivity index (χ3v) is 3.59. The van der Waals surface area contributed by atoms with Crippen molar-refractivity contribution in [1.82, 2.24) is 0 Å². The van der Waals surface area contributed by atoms with E-state index in [0.29, 0.717) is 19.8 Å². The van der Waals surface area contributed by atoms with Gasteiger partial charge in [-0.05, 0) is 24.5 Å². The second-order valence-corrected chi connectivity index (χ2v) is 5.06. The fourth-order valence-corrected chi connectivity index (χ4v) is 2.54. The van der Waals surface area contributed by atoms with Crippen molar-refractivity contribution >= 4 is 17.6 Å². The van der Waals surface area contributed by atoms with E-state index in [1.54, 1.807) is 4.90 Å². The molecule has 0 spiro atoms. The van der Waals surface area contributed by atoms with Gasteiger partial charge in [0.25, 0.3) is 5.91 Å². The van der Waals surface area contributed by atoms with E-state index in [9.17, 15) is 9.59 Å². The van der Waals surface area contributed by atoms with E-state index in [-0.39, 0.29) is 18.3 Å². The molecule has 6 nitrogen and oxygen atoms in total. The Balaban J connectivity index is 1.61. The number of amides is 1. The molecule has 0 N–H and O–H groups in total. The van der Waals surface area contributed by atoms with Crippen LogP contribution < -0.4 is 4.90 Å². The molecule has 0 bridgehead atoms. The highest BCUT2D eigenvalue weighted by atomic mass is 16.6. The van der Waals surface area contributed by atoms with E-state index < -0.39 is 5.97 Å². The number of nitrogens with zero attached hydrogens (tertiary/aromatic N) is 1. The number of hydrogen-bond donors (Lipinski definition) is 0. The summed E-state index contributed by atoms with van der Waals surface area (Å²) >= 11 is 0. The van der Waals surface area contributed by atoms with Crippen LogP contribution in [0.4, 0.5) is 5.69 Å². The Labute approximate surface area is 128 Å². The molecule has 6 heteroatoms. The minimum Gasteiger partial charge on any atom is -0.493 e. The summed E-state index contributed by atoms with van der Waals surface area (Å²) in [5, 5.41) is 0. The molecule has 1 amide bonds. The third kappa shape index (κ3) is 3.05. The average Bonchev–Trinajstić information content (AvgIpc) is 2.59. The Kier molecular flexibility index (Phi) is 4.27. The van der Waals surface area contributed by atoms with E-state index in [2.05, 4.69) is 0 Å². The molecule has 3 rings (SSSR count). The monoisotopic (exact) mass is 303 g/mol. The number of rotatable bonds is 3. The Morgan fingerprint density at radius 3 is 2.91 bits per heavy atom. The van der Waals surface area contributed by atoms with Crippen molar-refractivity contribution in [2.24, 2.45) is 0 Å². The topological polar surface area (TPSA) is 65.1 Å². The van der Waals surface area contributed by atoms with E-state index in [1.807, 2.05) is 24.3 Å². The maximum absolute atomic E-state index is 12.3. The fourth-order valence-electron chi connectivity index (χ4n) is 2.54. The SMILES string of the molecule is O=C(OCC(=O)N1CCCc2ccccc21)C1=COCCO1. The molecule has 1 aromatic rings. The van der Waals surface area contributed by atoms with Gasteiger partial charge in [-0.3, -0.25) is 4.79 Å². The molecular formula is C16H17NO5. The zero-order valence-electron chi connectivity index (χ0n) is 12.1. The number of para-hydroxylation sites is 1. The second kappa shape index (κ2) is 6.51. The molecule has 0 unspecified atom stereocenters. The smallest absolute Gasteiger partial charge is 0.377 e. The van der Waals surface area contributed by atoms with Crippen LogP contribution in [-0.2, 0) is 30.2 Å². The van der Waals surface area contributed by atoms with Crippen LogP contribution in [0.15, 0.2) is 36.3 Å². The van der Waals surface area contributed by atoms with Crippen molar-refractivity contribution in [2.75, 3.05) is 31.3 Å². The minimum absolute atomic E-state index is 0.00176. The lowest BCUT2D eigenvalue weighted by atomic mass is 10.0. The zero-order valence-corrected chi connectivity index (χ0v) is 12.1. The Morgan fingerprint density at radius 2 is 2.09 bits per heavy atom. The first-order valence-electron chi connectivity index (χ1n) is 7.25. The quantitative estimate of drug-likeness (QED) is 0.790. The summed E-state index contributed by atoms with van der Waals surface area (Å²) in [4.78, 5) is 25.7.